The predicted molar refractivity (Wildman–Crippen MR) is 84.8 cm³/mol. The molecule has 0 aliphatic rings. The SMILES string of the molecule is Cc1cc2nnc(C(=O)NCCSC(C)(C)C)c(C)n2n1. The molecule has 1 amide bonds. The lowest BCUT2D eigenvalue weighted by Crippen LogP contribution is -2.29. The number of thioether (sulfide) groups is 1. The summed E-state index contributed by atoms with van der Waals surface area (Å²) in [5.41, 5.74) is 2.54. The summed E-state index contributed by atoms with van der Waals surface area (Å²) in [6.45, 7) is 10.8. The van der Waals surface area contributed by atoms with Crippen molar-refractivity contribution in [1.82, 2.24) is 25.1 Å². The topological polar surface area (TPSA) is 72.2 Å². The van der Waals surface area contributed by atoms with Crippen LogP contribution in [0.15, 0.2) is 6.07 Å². The summed E-state index contributed by atoms with van der Waals surface area (Å²) in [5.74, 6) is 0.662. The molecule has 2 aromatic heterocycles. The number of aromatic nitrogens is 4. The second-order valence-corrected chi connectivity index (χ2v) is 7.83. The molecule has 0 saturated carbocycles. The number of aryl methyl sites for hydroxylation is 2. The number of nitrogens with zero attached hydrogens (tertiary/aromatic N) is 4. The number of hydrogen-bond donors (Lipinski definition) is 1. The smallest absolute Gasteiger partial charge is 0.273 e. The molecule has 21 heavy (non-hydrogen) atoms. The van der Waals surface area contributed by atoms with Crippen LogP contribution in [-0.4, -0.2) is 42.8 Å². The van der Waals surface area contributed by atoms with E-state index in [0.29, 0.717) is 23.6 Å². The van der Waals surface area contributed by atoms with E-state index in [-0.39, 0.29) is 10.7 Å². The van der Waals surface area contributed by atoms with Crippen LogP contribution in [0, 0.1) is 13.8 Å². The number of fused-ring (bicyclic) bond motifs is 1. The zero-order valence-corrected chi connectivity index (χ0v) is 13.9. The molecule has 0 aliphatic carbocycles. The Morgan fingerprint density at radius 3 is 2.71 bits per heavy atom. The molecule has 114 valence electrons. The van der Waals surface area contributed by atoms with Gasteiger partial charge in [-0.3, -0.25) is 4.79 Å². The fourth-order valence-corrected chi connectivity index (χ4v) is 2.71. The van der Waals surface area contributed by atoms with E-state index in [2.05, 4.69) is 41.4 Å². The molecule has 0 saturated heterocycles. The highest BCUT2D eigenvalue weighted by Crippen LogP contribution is 2.22. The first kappa shape index (κ1) is 15.8. The maximum Gasteiger partial charge on any atom is 0.273 e. The molecule has 1 N–H and O–H groups in total. The molecule has 0 aliphatic heterocycles. The largest absolute Gasteiger partial charge is 0.350 e. The van der Waals surface area contributed by atoms with Gasteiger partial charge in [-0.05, 0) is 13.8 Å². The minimum atomic E-state index is -0.204. The minimum absolute atomic E-state index is 0.200. The lowest BCUT2D eigenvalue weighted by Gasteiger charge is -2.17. The Morgan fingerprint density at radius 2 is 2.05 bits per heavy atom. The fraction of sp³-hybridized carbons (Fsp3) is 0.571. The van der Waals surface area contributed by atoms with Crippen molar-refractivity contribution in [1.29, 1.82) is 0 Å². The number of nitrogens with one attached hydrogen (secondary N) is 1. The van der Waals surface area contributed by atoms with Gasteiger partial charge in [-0.1, -0.05) is 20.8 Å². The van der Waals surface area contributed by atoms with Crippen molar-refractivity contribution in [3.63, 3.8) is 0 Å². The average molecular weight is 307 g/mol. The molecule has 0 radical (unpaired) electrons. The van der Waals surface area contributed by atoms with E-state index in [1.807, 2.05) is 31.7 Å². The third-order valence-corrected chi connectivity index (χ3v) is 4.14. The van der Waals surface area contributed by atoms with Crippen molar-refractivity contribution in [2.75, 3.05) is 12.3 Å². The summed E-state index contributed by atoms with van der Waals surface area (Å²) < 4.78 is 1.85. The molecule has 0 spiro atoms. The first-order valence-electron chi connectivity index (χ1n) is 6.90. The van der Waals surface area contributed by atoms with Gasteiger partial charge in [0.15, 0.2) is 11.3 Å². The molecular formula is C14H21N5OS. The van der Waals surface area contributed by atoms with Gasteiger partial charge in [0.25, 0.3) is 5.91 Å². The standard InChI is InChI=1S/C14H21N5OS/c1-9-8-11-16-17-12(10(2)19(11)18-9)13(20)15-6-7-21-14(3,4)5/h8H,6-7H2,1-5H3,(H,15,20). The molecule has 2 aromatic rings. The Hall–Kier alpha value is -1.63. The first-order chi connectivity index (χ1) is 9.78. The van der Waals surface area contributed by atoms with Crippen LogP contribution < -0.4 is 5.32 Å². The van der Waals surface area contributed by atoms with Crippen LogP contribution in [-0.2, 0) is 0 Å². The molecule has 0 aromatic carbocycles. The number of amides is 1. The van der Waals surface area contributed by atoms with Crippen molar-refractivity contribution in [3.8, 4) is 0 Å². The maximum absolute atomic E-state index is 12.2. The predicted octanol–water partition coefficient (Wildman–Crippen LogP) is 2.00. The zero-order chi connectivity index (χ0) is 15.6. The maximum atomic E-state index is 12.2. The van der Waals surface area contributed by atoms with E-state index < -0.39 is 0 Å². The van der Waals surface area contributed by atoms with Crippen LogP contribution in [0.25, 0.3) is 5.65 Å². The van der Waals surface area contributed by atoms with Crippen LogP contribution in [0.3, 0.4) is 0 Å². The molecule has 0 bridgehead atoms. The van der Waals surface area contributed by atoms with Crippen molar-refractivity contribution in [2.45, 2.75) is 39.4 Å². The molecule has 0 fully saturated rings. The molecular weight excluding hydrogens is 286 g/mol. The summed E-state index contributed by atoms with van der Waals surface area (Å²) in [4.78, 5) is 12.2. The Balaban J connectivity index is 2.04. The molecule has 2 heterocycles. The molecule has 0 atom stereocenters. The van der Waals surface area contributed by atoms with E-state index in [1.165, 1.54) is 0 Å². The van der Waals surface area contributed by atoms with Gasteiger partial charge in [-0.25, -0.2) is 4.52 Å². The van der Waals surface area contributed by atoms with Crippen molar-refractivity contribution < 1.29 is 4.79 Å². The molecule has 2 rings (SSSR count). The molecule has 0 unspecified atom stereocenters. The highest BCUT2D eigenvalue weighted by Gasteiger charge is 2.16. The van der Waals surface area contributed by atoms with Crippen LogP contribution in [0.5, 0.6) is 0 Å². The van der Waals surface area contributed by atoms with Crippen LogP contribution in [0.1, 0.15) is 42.6 Å². The second-order valence-electron chi connectivity index (χ2n) is 5.91. The number of carbonyl (C=O) groups excluding carboxylic acids is 1. The van der Waals surface area contributed by atoms with Gasteiger partial charge in [0.1, 0.15) is 0 Å². The number of hydrogen-bond acceptors (Lipinski definition) is 5. The van der Waals surface area contributed by atoms with Crippen molar-refractivity contribution in [3.05, 3.63) is 23.1 Å². The monoisotopic (exact) mass is 307 g/mol. The van der Waals surface area contributed by atoms with Gasteiger partial charge in [0, 0.05) is 23.1 Å². The van der Waals surface area contributed by atoms with E-state index in [0.717, 1.165) is 11.4 Å². The first-order valence-corrected chi connectivity index (χ1v) is 7.88. The fourth-order valence-electron chi connectivity index (χ4n) is 1.89. The van der Waals surface area contributed by atoms with E-state index in [4.69, 9.17) is 0 Å². The van der Waals surface area contributed by atoms with Gasteiger partial charge in [0.2, 0.25) is 0 Å². The third kappa shape index (κ3) is 3.93. The number of carbonyl (C=O) groups is 1. The highest BCUT2D eigenvalue weighted by atomic mass is 32.2. The van der Waals surface area contributed by atoms with Crippen molar-refractivity contribution in [2.24, 2.45) is 0 Å². The number of rotatable bonds is 4. The van der Waals surface area contributed by atoms with Crippen LogP contribution in [0.4, 0.5) is 0 Å². The average Bonchev–Trinajstić information content (AvgIpc) is 2.75. The quantitative estimate of drug-likeness (QED) is 0.875. The zero-order valence-electron chi connectivity index (χ0n) is 13.1. The minimum Gasteiger partial charge on any atom is -0.350 e. The van der Waals surface area contributed by atoms with Gasteiger partial charge in [-0.2, -0.15) is 16.9 Å². The summed E-state index contributed by atoms with van der Waals surface area (Å²) >= 11 is 1.81. The Labute approximate surface area is 128 Å². The van der Waals surface area contributed by atoms with Gasteiger partial charge in [-0.15, -0.1) is 10.2 Å². The van der Waals surface area contributed by atoms with Gasteiger partial charge >= 0.3 is 0 Å². The molecule has 7 heteroatoms. The van der Waals surface area contributed by atoms with Gasteiger partial charge < -0.3 is 5.32 Å². The third-order valence-electron chi connectivity index (χ3n) is 2.86. The molecule has 6 nitrogen and oxygen atoms in total. The summed E-state index contributed by atoms with van der Waals surface area (Å²) in [7, 11) is 0. The summed E-state index contributed by atoms with van der Waals surface area (Å²) in [5, 5.41) is 15.2. The highest BCUT2D eigenvalue weighted by molar-refractivity contribution is 8.00. The van der Waals surface area contributed by atoms with E-state index in [9.17, 15) is 4.79 Å². The van der Waals surface area contributed by atoms with Crippen LogP contribution >= 0.6 is 11.8 Å². The lowest BCUT2D eigenvalue weighted by molar-refractivity contribution is 0.0948. The second kappa shape index (κ2) is 6.01. The summed E-state index contributed by atoms with van der Waals surface area (Å²) in [6.07, 6.45) is 0. The summed E-state index contributed by atoms with van der Waals surface area (Å²) in [6, 6.07) is 1.83. The van der Waals surface area contributed by atoms with Crippen molar-refractivity contribution >= 4 is 23.3 Å². The van der Waals surface area contributed by atoms with Crippen LogP contribution in [0.2, 0.25) is 0 Å². The Morgan fingerprint density at radius 1 is 1.33 bits per heavy atom. The van der Waals surface area contributed by atoms with E-state index in [1.54, 1.807) is 4.52 Å². The van der Waals surface area contributed by atoms with Gasteiger partial charge in [0.05, 0.1) is 11.4 Å². The van der Waals surface area contributed by atoms with E-state index >= 15 is 0 Å². The lowest BCUT2D eigenvalue weighted by atomic mass is 10.3. The Kier molecular flexibility index (Phi) is 4.51. The normalized spacial score (nSPS) is 11.9. The Bertz CT molecular complexity index is 659.